The highest BCUT2D eigenvalue weighted by molar-refractivity contribution is 6.35. The average Bonchev–Trinajstić information content (AvgIpc) is 3.20. The molecule has 0 aliphatic rings. The number of hydrogen-bond acceptors (Lipinski definition) is 4. The van der Waals surface area contributed by atoms with E-state index in [0.29, 0.717) is 35.6 Å². The summed E-state index contributed by atoms with van der Waals surface area (Å²) in [5.41, 5.74) is 3.93. The number of hydrogen-bond donors (Lipinski definition) is 2. The monoisotopic (exact) mass is 469 g/mol. The lowest BCUT2D eigenvalue weighted by atomic mass is 10.1. The average molecular weight is 470 g/mol. The zero-order valence-electron chi connectivity index (χ0n) is 17.8. The molecule has 3 aromatic carbocycles. The van der Waals surface area contributed by atoms with E-state index in [1.165, 1.54) is 0 Å². The van der Waals surface area contributed by atoms with Gasteiger partial charge in [0.25, 0.3) is 0 Å². The van der Waals surface area contributed by atoms with Gasteiger partial charge in [0, 0.05) is 40.7 Å². The van der Waals surface area contributed by atoms with Crippen LogP contribution in [0.15, 0.2) is 60.7 Å². The third-order valence-electron chi connectivity index (χ3n) is 5.04. The van der Waals surface area contributed by atoms with Crippen molar-refractivity contribution >= 4 is 34.2 Å². The topological polar surface area (TPSA) is 59.2 Å². The number of ether oxygens (including phenoxy) is 2. The van der Waals surface area contributed by atoms with Crippen LogP contribution in [0.3, 0.4) is 0 Å². The first-order valence-corrected chi connectivity index (χ1v) is 11.4. The Bertz CT molecular complexity index is 1160. The van der Waals surface area contributed by atoms with Gasteiger partial charge in [-0.1, -0.05) is 53.5 Å². The molecular weight excluding hydrogens is 445 g/mol. The van der Waals surface area contributed by atoms with Crippen molar-refractivity contribution in [2.24, 2.45) is 0 Å². The van der Waals surface area contributed by atoms with Crippen LogP contribution >= 0.6 is 23.2 Å². The zero-order valence-corrected chi connectivity index (χ0v) is 19.3. The van der Waals surface area contributed by atoms with Gasteiger partial charge in [0.1, 0.15) is 12.4 Å². The van der Waals surface area contributed by atoms with Crippen molar-refractivity contribution in [3.8, 4) is 11.5 Å². The van der Waals surface area contributed by atoms with Gasteiger partial charge in [-0.3, -0.25) is 0 Å². The Labute approximate surface area is 197 Å². The van der Waals surface area contributed by atoms with Crippen molar-refractivity contribution in [2.75, 3.05) is 13.2 Å². The third-order valence-corrected chi connectivity index (χ3v) is 5.63. The van der Waals surface area contributed by atoms with E-state index >= 15 is 0 Å². The maximum atomic E-state index is 6.31. The van der Waals surface area contributed by atoms with E-state index < -0.39 is 0 Å². The molecule has 0 aliphatic carbocycles. The van der Waals surface area contributed by atoms with Crippen molar-refractivity contribution in [1.29, 1.82) is 0 Å². The van der Waals surface area contributed by atoms with Crippen molar-refractivity contribution in [1.82, 2.24) is 15.3 Å². The standard InChI is InChI=1S/C25H25Cl2N3O2/c1-2-31-23-9-5-6-17(25(23)32-16-18-10-11-19(26)14-20(18)27)15-28-13-12-24-29-21-7-3-4-8-22(21)30-24/h3-11,14,28H,2,12-13,15-16H2,1H3,(H,29,30). The van der Waals surface area contributed by atoms with Crippen molar-refractivity contribution < 1.29 is 9.47 Å². The van der Waals surface area contributed by atoms with E-state index in [9.17, 15) is 0 Å². The van der Waals surface area contributed by atoms with Crippen LogP contribution in [0.4, 0.5) is 0 Å². The lowest BCUT2D eigenvalue weighted by molar-refractivity contribution is 0.266. The quantitative estimate of drug-likeness (QED) is 0.272. The van der Waals surface area contributed by atoms with Gasteiger partial charge >= 0.3 is 0 Å². The smallest absolute Gasteiger partial charge is 0.166 e. The van der Waals surface area contributed by atoms with Crippen molar-refractivity contribution in [2.45, 2.75) is 26.5 Å². The van der Waals surface area contributed by atoms with Crippen LogP contribution in [0.25, 0.3) is 11.0 Å². The molecule has 32 heavy (non-hydrogen) atoms. The molecule has 4 aromatic rings. The van der Waals surface area contributed by atoms with E-state index in [4.69, 9.17) is 32.7 Å². The number of benzene rings is 3. The van der Waals surface area contributed by atoms with Gasteiger partial charge in [-0.25, -0.2) is 4.98 Å². The van der Waals surface area contributed by atoms with Crippen molar-refractivity contribution in [3.63, 3.8) is 0 Å². The molecule has 0 atom stereocenters. The first kappa shape index (κ1) is 22.5. The molecule has 7 heteroatoms. The highest BCUT2D eigenvalue weighted by Crippen LogP contribution is 2.33. The summed E-state index contributed by atoms with van der Waals surface area (Å²) < 4.78 is 12.0. The number of aromatic amines is 1. The van der Waals surface area contributed by atoms with Gasteiger partial charge in [-0.15, -0.1) is 0 Å². The Morgan fingerprint density at radius 2 is 1.84 bits per heavy atom. The number of nitrogens with zero attached hydrogens (tertiary/aromatic N) is 1. The molecule has 0 bridgehead atoms. The Kier molecular flexibility index (Phi) is 7.53. The molecule has 0 unspecified atom stereocenters. The SMILES string of the molecule is CCOc1cccc(CNCCc2nc3ccccc3[nH]2)c1OCc1ccc(Cl)cc1Cl. The number of H-pyrrole nitrogens is 1. The summed E-state index contributed by atoms with van der Waals surface area (Å²) >= 11 is 12.3. The molecular formula is C25H25Cl2N3O2. The fraction of sp³-hybridized carbons (Fsp3) is 0.240. The first-order chi connectivity index (χ1) is 15.6. The molecule has 0 radical (unpaired) electrons. The predicted octanol–water partition coefficient (Wildman–Crippen LogP) is 6.18. The lowest BCUT2D eigenvalue weighted by Crippen LogP contribution is -2.18. The predicted molar refractivity (Wildman–Crippen MR) is 130 cm³/mol. The highest BCUT2D eigenvalue weighted by atomic mass is 35.5. The van der Waals surface area contributed by atoms with Crippen LogP contribution in [0, 0.1) is 0 Å². The second-order valence-electron chi connectivity index (χ2n) is 7.33. The van der Waals surface area contributed by atoms with Gasteiger partial charge in [0.2, 0.25) is 0 Å². The Hall–Kier alpha value is -2.73. The molecule has 0 saturated heterocycles. The van der Waals surface area contributed by atoms with Gasteiger partial charge in [0.05, 0.1) is 17.6 Å². The number of aromatic nitrogens is 2. The molecule has 1 aromatic heterocycles. The molecule has 0 spiro atoms. The van der Waals surface area contributed by atoms with Gasteiger partial charge < -0.3 is 19.8 Å². The summed E-state index contributed by atoms with van der Waals surface area (Å²) in [7, 11) is 0. The number of fused-ring (bicyclic) bond motifs is 1. The minimum atomic E-state index is 0.325. The van der Waals surface area contributed by atoms with E-state index in [1.54, 1.807) is 12.1 Å². The molecule has 2 N–H and O–H groups in total. The van der Waals surface area contributed by atoms with Crippen molar-refractivity contribution in [3.05, 3.63) is 87.7 Å². The van der Waals surface area contributed by atoms with E-state index in [-0.39, 0.29) is 0 Å². The van der Waals surface area contributed by atoms with Gasteiger partial charge in [0.15, 0.2) is 11.5 Å². The number of para-hydroxylation sites is 3. The molecule has 4 rings (SSSR count). The summed E-state index contributed by atoms with van der Waals surface area (Å²) in [5.74, 6) is 2.40. The zero-order chi connectivity index (χ0) is 22.3. The summed E-state index contributed by atoms with van der Waals surface area (Å²) in [5, 5.41) is 4.66. The molecule has 0 aliphatic heterocycles. The summed E-state index contributed by atoms with van der Waals surface area (Å²) in [6, 6.07) is 19.4. The second kappa shape index (κ2) is 10.7. The van der Waals surface area contributed by atoms with Crippen LogP contribution in [0.1, 0.15) is 23.9 Å². The van der Waals surface area contributed by atoms with Crippen LogP contribution < -0.4 is 14.8 Å². The van der Waals surface area contributed by atoms with E-state index in [2.05, 4.69) is 15.3 Å². The fourth-order valence-electron chi connectivity index (χ4n) is 3.48. The van der Waals surface area contributed by atoms with Crippen LogP contribution in [0.2, 0.25) is 10.0 Å². The van der Waals surface area contributed by atoms with Gasteiger partial charge in [-0.05, 0) is 37.3 Å². The van der Waals surface area contributed by atoms with Crippen LogP contribution in [-0.4, -0.2) is 23.1 Å². The number of halogens is 2. The summed E-state index contributed by atoms with van der Waals surface area (Å²) in [6.07, 6.45) is 0.802. The summed E-state index contributed by atoms with van der Waals surface area (Å²) in [4.78, 5) is 7.99. The van der Waals surface area contributed by atoms with Crippen LogP contribution in [0.5, 0.6) is 11.5 Å². The van der Waals surface area contributed by atoms with E-state index in [1.807, 2.05) is 55.5 Å². The second-order valence-corrected chi connectivity index (χ2v) is 8.17. The normalized spacial score (nSPS) is 11.1. The fourth-order valence-corrected chi connectivity index (χ4v) is 3.94. The molecule has 166 valence electrons. The largest absolute Gasteiger partial charge is 0.490 e. The Morgan fingerprint density at radius 1 is 0.969 bits per heavy atom. The lowest BCUT2D eigenvalue weighted by Gasteiger charge is -2.17. The highest BCUT2D eigenvalue weighted by Gasteiger charge is 2.13. The molecule has 5 nitrogen and oxygen atoms in total. The Morgan fingerprint density at radius 3 is 2.66 bits per heavy atom. The Balaban J connectivity index is 1.41. The number of imidazole rings is 1. The van der Waals surface area contributed by atoms with E-state index in [0.717, 1.165) is 46.7 Å². The maximum absolute atomic E-state index is 6.31. The number of rotatable bonds is 10. The van der Waals surface area contributed by atoms with Gasteiger partial charge in [-0.2, -0.15) is 0 Å². The number of nitrogens with one attached hydrogen (secondary N) is 2. The molecule has 0 saturated carbocycles. The molecule has 0 fully saturated rings. The molecule has 0 amide bonds. The third kappa shape index (κ3) is 5.54. The van der Waals surface area contributed by atoms with Crippen LogP contribution in [-0.2, 0) is 19.6 Å². The maximum Gasteiger partial charge on any atom is 0.166 e. The minimum absolute atomic E-state index is 0.325. The molecule has 1 heterocycles. The minimum Gasteiger partial charge on any atom is -0.490 e. The first-order valence-electron chi connectivity index (χ1n) is 10.6. The summed E-state index contributed by atoms with van der Waals surface area (Å²) in [6.45, 7) is 4.26.